The number of morpholine rings is 1. The third-order valence-corrected chi connectivity index (χ3v) is 7.08. The number of carbonyl (C=O) groups excluding carboxylic acids is 2. The number of allylic oxidation sites excluding steroid dienone is 1. The average Bonchev–Trinajstić information content (AvgIpc) is 3.25. The molecule has 3 aliphatic heterocycles. The Balaban J connectivity index is 1.78. The van der Waals surface area contributed by atoms with Crippen molar-refractivity contribution in [2.24, 2.45) is 4.99 Å². The summed E-state index contributed by atoms with van der Waals surface area (Å²) in [6, 6.07) is 5.98. The van der Waals surface area contributed by atoms with Crippen molar-refractivity contribution < 1.29 is 32.2 Å². The van der Waals surface area contributed by atoms with Crippen LogP contribution in [0.1, 0.15) is 50.3 Å². The lowest BCUT2D eigenvalue weighted by Crippen LogP contribution is -2.43. The van der Waals surface area contributed by atoms with E-state index in [2.05, 4.69) is 4.99 Å². The molecule has 0 N–H and O–H groups in total. The van der Waals surface area contributed by atoms with E-state index in [4.69, 9.17) is 9.47 Å². The van der Waals surface area contributed by atoms with E-state index >= 15 is 0 Å². The molecule has 4 rings (SSSR count). The van der Waals surface area contributed by atoms with Crippen LogP contribution in [-0.2, 0) is 19.1 Å². The molecular formula is C25H28F3N3O4S. The smallest absolute Gasteiger partial charge is 0.434 e. The van der Waals surface area contributed by atoms with Crippen LogP contribution in [0.15, 0.2) is 51.6 Å². The van der Waals surface area contributed by atoms with Gasteiger partial charge in [0.1, 0.15) is 0 Å². The Morgan fingerprint density at radius 2 is 1.86 bits per heavy atom. The minimum atomic E-state index is -4.87. The number of amidine groups is 1. The molecule has 0 saturated carbocycles. The van der Waals surface area contributed by atoms with Crippen LogP contribution in [0.2, 0.25) is 0 Å². The minimum absolute atomic E-state index is 0.0376. The van der Waals surface area contributed by atoms with Gasteiger partial charge in [0.05, 0.1) is 37.9 Å². The number of thioether (sulfide) groups is 1. The molecule has 1 aromatic rings. The standard InChI is InChI=1S/C25H28F3N3O4S/c1-4-35-23(33)20-21(17-7-5-16(6-8-17)15(2)3)31-18(13-19(32)30-9-11-34-12-10-30)14-36-24(31)29-22(20)25(26,27)28/h5-8,14-15,21H,4,9-13H2,1-3H3/t21-/m0/s1. The van der Waals surface area contributed by atoms with Crippen molar-refractivity contribution in [3.63, 3.8) is 0 Å². The molecule has 1 fully saturated rings. The highest BCUT2D eigenvalue weighted by Crippen LogP contribution is 2.48. The average molecular weight is 524 g/mol. The van der Waals surface area contributed by atoms with Crippen LogP contribution in [0.3, 0.4) is 0 Å². The molecule has 0 unspecified atom stereocenters. The number of alkyl halides is 3. The van der Waals surface area contributed by atoms with Crippen molar-refractivity contribution >= 4 is 28.8 Å². The van der Waals surface area contributed by atoms with Gasteiger partial charge in [-0.1, -0.05) is 49.9 Å². The molecule has 3 aliphatic rings. The Kier molecular flexibility index (Phi) is 7.79. The van der Waals surface area contributed by atoms with E-state index in [-0.39, 0.29) is 30.0 Å². The van der Waals surface area contributed by atoms with Gasteiger partial charge in [-0.05, 0) is 29.4 Å². The van der Waals surface area contributed by atoms with Crippen molar-refractivity contribution in [1.29, 1.82) is 0 Å². The lowest BCUT2D eigenvalue weighted by Gasteiger charge is -2.37. The van der Waals surface area contributed by atoms with Crippen molar-refractivity contribution in [3.8, 4) is 0 Å². The highest BCUT2D eigenvalue weighted by Gasteiger charge is 2.49. The van der Waals surface area contributed by atoms with Crippen LogP contribution in [0.25, 0.3) is 0 Å². The number of rotatable bonds is 6. The first-order chi connectivity index (χ1) is 17.1. The molecule has 1 saturated heterocycles. The molecule has 3 heterocycles. The fraction of sp³-hybridized carbons (Fsp3) is 0.480. The normalized spacial score (nSPS) is 20.4. The van der Waals surface area contributed by atoms with E-state index in [1.54, 1.807) is 27.3 Å². The van der Waals surface area contributed by atoms with E-state index in [1.807, 2.05) is 26.0 Å². The second-order valence-corrected chi connectivity index (χ2v) is 9.70. The fourth-order valence-corrected chi connectivity index (χ4v) is 5.27. The Bertz CT molecular complexity index is 1110. The maximum atomic E-state index is 14.2. The summed E-state index contributed by atoms with van der Waals surface area (Å²) in [7, 11) is 0. The number of halogens is 3. The molecule has 0 spiro atoms. The van der Waals surface area contributed by atoms with Gasteiger partial charge in [0, 0.05) is 18.8 Å². The minimum Gasteiger partial charge on any atom is -0.463 e. The zero-order valence-corrected chi connectivity index (χ0v) is 21.1. The summed E-state index contributed by atoms with van der Waals surface area (Å²) >= 11 is 1.01. The highest BCUT2D eigenvalue weighted by molar-refractivity contribution is 8.16. The van der Waals surface area contributed by atoms with Gasteiger partial charge < -0.3 is 19.3 Å². The van der Waals surface area contributed by atoms with Crippen LogP contribution >= 0.6 is 11.8 Å². The summed E-state index contributed by atoms with van der Waals surface area (Å²) in [4.78, 5) is 33.1. The zero-order valence-electron chi connectivity index (χ0n) is 20.3. The Morgan fingerprint density at radius 3 is 2.44 bits per heavy atom. The Hall–Kier alpha value is -2.79. The second kappa shape index (κ2) is 10.7. The largest absolute Gasteiger partial charge is 0.463 e. The Labute approximate surface area is 212 Å². The molecule has 194 valence electrons. The predicted octanol–water partition coefficient (Wildman–Crippen LogP) is 4.74. The van der Waals surface area contributed by atoms with Crippen LogP contribution < -0.4 is 0 Å². The summed E-state index contributed by atoms with van der Waals surface area (Å²) < 4.78 is 52.9. The van der Waals surface area contributed by atoms with Gasteiger partial charge in [-0.15, -0.1) is 0 Å². The fourth-order valence-electron chi connectivity index (χ4n) is 4.35. The first kappa shape index (κ1) is 26.3. The van der Waals surface area contributed by atoms with Crippen molar-refractivity contribution in [3.05, 3.63) is 57.8 Å². The van der Waals surface area contributed by atoms with E-state index in [1.165, 1.54) is 6.92 Å². The zero-order chi connectivity index (χ0) is 26.0. The number of aliphatic imine (C=N–C) groups is 1. The van der Waals surface area contributed by atoms with E-state index in [0.29, 0.717) is 37.6 Å². The molecule has 7 nitrogen and oxygen atoms in total. The van der Waals surface area contributed by atoms with Gasteiger partial charge in [-0.2, -0.15) is 13.2 Å². The van der Waals surface area contributed by atoms with Crippen LogP contribution in [0.4, 0.5) is 13.2 Å². The van der Waals surface area contributed by atoms with Gasteiger partial charge in [0.25, 0.3) is 0 Å². The van der Waals surface area contributed by atoms with Crippen molar-refractivity contribution in [2.45, 2.75) is 45.3 Å². The van der Waals surface area contributed by atoms with Crippen LogP contribution in [-0.4, -0.2) is 65.9 Å². The molecule has 0 bridgehead atoms. The topological polar surface area (TPSA) is 71.4 Å². The van der Waals surface area contributed by atoms with Crippen molar-refractivity contribution in [2.75, 3.05) is 32.9 Å². The molecule has 1 aromatic carbocycles. The molecule has 36 heavy (non-hydrogen) atoms. The van der Waals surface area contributed by atoms with Gasteiger partial charge in [-0.25, -0.2) is 9.79 Å². The first-order valence-electron chi connectivity index (χ1n) is 11.8. The number of esters is 1. The number of hydrogen-bond donors (Lipinski definition) is 0. The first-order valence-corrected chi connectivity index (χ1v) is 12.7. The summed E-state index contributed by atoms with van der Waals surface area (Å²) in [5, 5.41) is 1.70. The molecule has 1 atom stereocenters. The number of benzene rings is 1. The lowest BCUT2D eigenvalue weighted by molar-refractivity contribution is -0.140. The van der Waals surface area contributed by atoms with Gasteiger partial charge in [0.2, 0.25) is 5.91 Å². The van der Waals surface area contributed by atoms with E-state index < -0.39 is 29.5 Å². The van der Waals surface area contributed by atoms with Crippen LogP contribution in [0.5, 0.6) is 0 Å². The third-order valence-electron chi connectivity index (χ3n) is 6.19. The summed E-state index contributed by atoms with van der Waals surface area (Å²) in [6.45, 7) is 7.25. The summed E-state index contributed by atoms with van der Waals surface area (Å²) in [5.41, 5.74) is 0.111. The van der Waals surface area contributed by atoms with Crippen molar-refractivity contribution in [1.82, 2.24) is 9.80 Å². The molecule has 11 heteroatoms. The van der Waals surface area contributed by atoms with E-state index in [0.717, 1.165) is 17.3 Å². The SMILES string of the molecule is CCOC(=O)C1=C(C(F)(F)F)N=C2SC=C(CC(=O)N3CCOCC3)N2[C@H]1c1ccc(C(C)C)cc1. The number of fused-ring (bicyclic) bond motifs is 1. The quantitative estimate of drug-likeness (QED) is 0.502. The predicted molar refractivity (Wildman–Crippen MR) is 130 cm³/mol. The van der Waals surface area contributed by atoms with Gasteiger partial charge in [-0.3, -0.25) is 4.79 Å². The molecular weight excluding hydrogens is 495 g/mol. The monoisotopic (exact) mass is 523 g/mol. The second-order valence-electron chi connectivity index (χ2n) is 8.87. The van der Waals surface area contributed by atoms with E-state index in [9.17, 15) is 22.8 Å². The van der Waals surface area contributed by atoms with Crippen LogP contribution in [0, 0.1) is 0 Å². The highest BCUT2D eigenvalue weighted by atomic mass is 32.2. The molecule has 1 amide bonds. The number of ether oxygens (including phenoxy) is 2. The third kappa shape index (κ3) is 5.31. The number of hydrogen-bond acceptors (Lipinski definition) is 7. The maximum Gasteiger partial charge on any atom is 0.434 e. The molecule has 0 radical (unpaired) electrons. The maximum absolute atomic E-state index is 14.2. The summed E-state index contributed by atoms with van der Waals surface area (Å²) in [5.74, 6) is -1.03. The molecule has 0 aromatic heterocycles. The molecule has 0 aliphatic carbocycles. The Morgan fingerprint density at radius 1 is 1.19 bits per heavy atom. The number of amides is 1. The van der Waals surface area contributed by atoms with Gasteiger partial charge in [0.15, 0.2) is 10.9 Å². The number of carbonyl (C=O) groups is 2. The van der Waals surface area contributed by atoms with Gasteiger partial charge >= 0.3 is 12.1 Å². The summed E-state index contributed by atoms with van der Waals surface area (Å²) in [6.07, 6.45) is -4.91. The number of nitrogens with zero attached hydrogens (tertiary/aromatic N) is 3. The lowest BCUT2D eigenvalue weighted by atomic mass is 9.91.